The Balaban J connectivity index is 2.96. The van der Waals surface area contributed by atoms with Gasteiger partial charge in [-0.3, -0.25) is 9.59 Å². The first kappa shape index (κ1) is 14.2. The molecular formula is C10H13NO6S. The van der Waals surface area contributed by atoms with Crippen molar-refractivity contribution < 1.29 is 27.5 Å². The van der Waals surface area contributed by atoms with Crippen molar-refractivity contribution in [3.05, 3.63) is 17.9 Å². The number of aliphatic carboxylic acids is 1. The molecule has 0 saturated heterocycles. The highest BCUT2D eigenvalue weighted by Gasteiger charge is 2.22. The minimum Gasteiger partial charge on any atom is -0.480 e. The van der Waals surface area contributed by atoms with Gasteiger partial charge in [-0.15, -0.1) is 0 Å². The van der Waals surface area contributed by atoms with Crippen LogP contribution in [0.15, 0.2) is 21.6 Å². The number of carbonyl (C=O) groups is 2. The summed E-state index contributed by atoms with van der Waals surface area (Å²) in [5.74, 6) is -2.01. The number of carboxylic acid groups (broad SMARTS) is 1. The Morgan fingerprint density at radius 2 is 2.00 bits per heavy atom. The van der Waals surface area contributed by atoms with Gasteiger partial charge in [-0.2, -0.15) is 0 Å². The second-order valence-corrected chi connectivity index (χ2v) is 5.55. The third-order valence-corrected chi connectivity index (χ3v) is 3.10. The predicted molar refractivity (Wildman–Crippen MR) is 61.0 cm³/mol. The van der Waals surface area contributed by atoms with E-state index in [1.807, 2.05) is 0 Å². The van der Waals surface area contributed by atoms with Crippen LogP contribution in [0, 0.1) is 0 Å². The van der Waals surface area contributed by atoms with Crippen LogP contribution >= 0.6 is 0 Å². The topological polar surface area (TPSA) is 105 Å². The molecule has 0 radical (unpaired) electrons. The molecule has 18 heavy (non-hydrogen) atoms. The molecule has 1 rings (SSSR count). The van der Waals surface area contributed by atoms with Gasteiger partial charge in [0.05, 0.1) is 0 Å². The lowest BCUT2D eigenvalue weighted by molar-refractivity contribution is -0.137. The molecule has 0 aromatic carbocycles. The van der Waals surface area contributed by atoms with Crippen molar-refractivity contribution in [3.8, 4) is 0 Å². The molecule has 1 aromatic rings. The lowest BCUT2D eigenvalue weighted by Crippen LogP contribution is -2.35. The molecule has 1 amide bonds. The van der Waals surface area contributed by atoms with Crippen LogP contribution < -0.4 is 0 Å². The third-order valence-electron chi connectivity index (χ3n) is 2.15. The monoisotopic (exact) mass is 275 g/mol. The van der Waals surface area contributed by atoms with Crippen LogP contribution in [0.2, 0.25) is 0 Å². The summed E-state index contributed by atoms with van der Waals surface area (Å²) >= 11 is 0. The molecule has 1 heterocycles. The largest absolute Gasteiger partial charge is 0.480 e. The molecular weight excluding hydrogens is 262 g/mol. The number of hydrogen-bond donors (Lipinski definition) is 1. The Kier molecular flexibility index (Phi) is 4.12. The Morgan fingerprint density at radius 3 is 2.39 bits per heavy atom. The van der Waals surface area contributed by atoms with E-state index in [9.17, 15) is 18.0 Å². The minimum atomic E-state index is -3.52. The molecule has 0 atom stereocenters. The summed E-state index contributed by atoms with van der Waals surface area (Å²) in [4.78, 5) is 23.4. The summed E-state index contributed by atoms with van der Waals surface area (Å²) in [7, 11) is -3.52. The molecule has 8 heteroatoms. The molecule has 1 N–H and O–H groups in total. The fourth-order valence-corrected chi connectivity index (χ4v) is 1.84. The van der Waals surface area contributed by atoms with E-state index in [0.29, 0.717) is 0 Å². The van der Waals surface area contributed by atoms with Crippen LogP contribution in [-0.4, -0.2) is 49.6 Å². The van der Waals surface area contributed by atoms with Gasteiger partial charge < -0.3 is 14.4 Å². The Bertz CT molecular complexity index is 559. The number of sulfone groups is 1. The number of hydrogen-bond acceptors (Lipinski definition) is 5. The highest BCUT2D eigenvalue weighted by atomic mass is 32.2. The van der Waals surface area contributed by atoms with Crippen LogP contribution in [-0.2, 0) is 14.6 Å². The van der Waals surface area contributed by atoms with Gasteiger partial charge in [0, 0.05) is 12.8 Å². The lowest BCUT2D eigenvalue weighted by Gasteiger charge is -2.16. The van der Waals surface area contributed by atoms with E-state index in [-0.39, 0.29) is 17.4 Å². The van der Waals surface area contributed by atoms with Gasteiger partial charge >= 0.3 is 5.97 Å². The van der Waals surface area contributed by atoms with Gasteiger partial charge in [0.15, 0.2) is 5.76 Å². The number of likely N-dealkylation sites (N-methyl/N-ethyl adjacent to an activating group) is 1. The lowest BCUT2D eigenvalue weighted by atomic mass is 10.3. The van der Waals surface area contributed by atoms with Gasteiger partial charge in [0.25, 0.3) is 5.91 Å². The molecule has 1 aromatic heterocycles. The smallest absolute Gasteiger partial charge is 0.323 e. The fraction of sp³-hybridized carbons (Fsp3) is 0.400. The highest BCUT2D eigenvalue weighted by molar-refractivity contribution is 7.90. The predicted octanol–water partition coefficient (Wildman–Crippen LogP) is 0.230. The van der Waals surface area contributed by atoms with Crippen LogP contribution in [0.25, 0.3) is 0 Å². The number of carboxylic acids is 1. The summed E-state index contributed by atoms with van der Waals surface area (Å²) in [5.41, 5.74) is 0. The first-order chi connectivity index (χ1) is 8.25. The molecule has 0 spiro atoms. The van der Waals surface area contributed by atoms with E-state index in [4.69, 9.17) is 9.52 Å². The first-order valence-corrected chi connectivity index (χ1v) is 6.95. The normalized spacial score (nSPS) is 11.2. The van der Waals surface area contributed by atoms with E-state index >= 15 is 0 Å². The minimum absolute atomic E-state index is 0.181. The van der Waals surface area contributed by atoms with Crippen LogP contribution in [0.3, 0.4) is 0 Å². The van der Waals surface area contributed by atoms with Crippen LogP contribution in [0.4, 0.5) is 0 Å². The molecule has 100 valence electrons. The molecule has 0 fully saturated rings. The average Bonchev–Trinajstić information content (AvgIpc) is 2.73. The van der Waals surface area contributed by atoms with Crippen molar-refractivity contribution in [3.63, 3.8) is 0 Å². The molecule has 7 nitrogen and oxygen atoms in total. The SMILES string of the molecule is CCN(CC(=O)O)C(=O)c1ccc(S(C)(=O)=O)o1. The number of nitrogens with zero attached hydrogens (tertiary/aromatic N) is 1. The summed E-state index contributed by atoms with van der Waals surface area (Å²) in [6.07, 6.45) is 0.953. The van der Waals surface area contributed by atoms with Gasteiger partial charge in [0.1, 0.15) is 6.54 Å². The summed E-state index contributed by atoms with van der Waals surface area (Å²) in [6.45, 7) is 1.32. The van der Waals surface area contributed by atoms with E-state index in [2.05, 4.69) is 0 Å². The number of amides is 1. The van der Waals surface area contributed by atoms with Crippen molar-refractivity contribution in [1.29, 1.82) is 0 Å². The van der Waals surface area contributed by atoms with Gasteiger partial charge in [-0.25, -0.2) is 8.42 Å². The van der Waals surface area contributed by atoms with Crippen LogP contribution in [0.1, 0.15) is 17.5 Å². The molecule has 0 aliphatic rings. The fourth-order valence-electron chi connectivity index (χ4n) is 1.28. The molecule has 0 saturated carbocycles. The van der Waals surface area contributed by atoms with Gasteiger partial charge in [-0.1, -0.05) is 0 Å². The zero-order valence-corrected chi connectivity index (χ0v) is 10.7. The number of rotatable bonds is 5. The zero-order valence-electron chi connectivity index (χ0n) is 9.91. The Labute approximate surface area is 104 Å². The molecule has 0 aliphatic carbocycles. The second-order valence-electron chi connectivity index (χ2n) is 3.60. The third kappa shape index (κ3) is 3.33. The average molecular weight is 275 g/mol. The maximum absolute atomic E-state index is 11.8. The zero-order chi connectivity index (χ0) is 13.9. The Hall–Kier alpha value is -1.83. The van der Waals surface area contributed by atoms with Crippen molar-refractivity contribution in [2.24, 2.45) is 0 Å². The number of carbonyl (C=O) groups excluding carboxylic acids is 1. The Morgan fingerprint density at radius 1 is 1.39 bits per heavy atom. The van der Waals surface area contributed by atoms with Crippen LogP contribution in [0.5, 0.6) is 0 Å². The van der Waals surface area contributed by atoms with Gasteiger partial charge in [-0.05, 0) is 19.1 Å². The van der Waals surface area contributed by atoms with E-state index in [1.165, 1.54) is 6.07 Å². The number of furan rings is 1. The standard InChI is InChI=1S/C10H13NO6S/c1-3-11(6-8(12)13)10(14)7-4-5-9(17-7)18(2,15)16/h4-5H,3,6H2,1-2H3,(H,12,13). The maximum atomic E-state index is 11.8. The van der Waals surface area contributed by atoms with Crippen molar-refractivity contribution in [1.82, 2.24) is 4.90 Å². The van der Waals surface area contributed by atoms with Crippen molar-refractivity contribution in [2.45, 2.75) is 12.0 Å². The summed E-state index contributed by atoms with van der Waals surface area (Å²) < 4.78 is 27.2. The molecule has 0 aliphatic heterocycles. The maximum Gasteiger partial charge on any atom is 0.323 e. The highest BCUT2D eigenvalue weighted by Crippen LogP contribution is 2.15. The summed E-state index contributed by atoms with van der Waals surface area (Å²) in [5, 5.41) is 8.30. The van der Waals surface area contributed by atoms with E-state index in [1.54, 1.807) is 6.92 Å². The quantitative estimate of drug-likeness (QED) is 0.824. The van der Waals surface area contributed by atoms with Gasteiger partial charge in [0.2, 0.25) is 14.9 Å². The molecule has 0 unspecified atom stereocenters. The molecule has 0 bridgehead atoms. The summed E-state index contributed by atoms with van der Waals surface area (Å²) in [6, 6.07) is 2.38. The van der Waals surface area contributed by atoms with E-state index < -0.39 is 28.3 Å². The first-order valence-electron chi connectivity index (χ1n) is 5.06. The van der Waals surface area contributed by atoms with E-state index in [0.717, 1.165) is 17.2 Å². The van der Waals surface area contributed by atoms with Crippen molar-refractivity contribution >= 4 is 21.7 Å². The second kappa shape index (κ2) is 5.21. The van der Waals surface area contributed by atoms with Crippen molar-refractivity contribution in [2.75, 3.05) is 19.3 Å².